The molecule has 0 radical (unpaired) electrons. The molecule has 128 valence electrons. The Morgan fingerprint density at radius 3 is 2.71 bits per heavy atom. The Labute approximate surface area is 149 Å². The van der Waals surface area contributed by atoms with Crippen LogP contribution in [-0.2, 0) is 6.54 Å². The summed E-state index contributed by atoms with van der Waals surface area (Å²) >= 11 is 7.31. The molecule has 1 heterocycles. The molecule has 0 aliphatic carbocycles. The van der Waals surface area contributed by atoms with E-state index in [9.17, 15) is 9.59 Å². The van der Waals surface area contributed by atoms with E-state index >= 15 is 0 Å². The SMILES string of the molecule is Cc1nnsc1CNC(=O)Nc1cc(C(=O)NC(C)C)ccc1Cl. The summed E-state index contributed by atoms with van der Waals surface area (Å²) in [5.74, 6) is -0.225. The molecule has 1 aromatic heterocycles. The van der Waals surface area contributed by atoms with Crippen molar-refractivity contribution < 1.29 is 9.59 Å². The zero-order valence-corrected chi connectivity index (χ0v) is 15.1. The first-order chi connectivity index (χ1) is 11.4. The van der Waals surface area contributed by atoms with E-state index in [1.807, 2.05) is 20.8 Å². The summed E-state index contributed by atoms with van der Waals surface area (Å²) in [6.07, 6.45) is 0. The van der Waals surface area contributed by atoms with E-state index in [1.165, 1.54) is 11.5 Å². The van der Waals surface area contributed by atoms with Crippen molar-refractivity contribution in [3.05, 3.63) is 39.4 Å². The van der Waals surface area contributed by atoms with E-state index in [1.54, 1.807) is 18.2 Å². The van der Waals surface area contributed by atoms with Gasteiger partial charge in [-0.15, -0.1) is 5.10 Å². The average molecular weight is 368 g/mol. The number of hydrogen-bond acceptors (Lipinski definition) is 5. The highest BCUT2D eigenvalue weighted by Gasteiger charge is 2.12. The molecule has 2 aromatic rings. The van der Waals surface area contributed by atoms with E-state index in [4.69, 9.17) is 11.6 Å². The molecule has 0 aliphatic rings. The summed E-state index contributed by atoms with van der Waals surface area (Å²) < 4.78 is 3.81. The fraction of sp³-hybridized carbons (Fsp3) is 0.333. The number of nitrogens with zero attached hydrogens (tertiary/aromatic N) is 2. The summed E-state index contributed by atoms with van der Waals surface area (Å²) in [4.78, 5) is 24.9. The summed E-state index contributed by atoms with van der Waals surface area (Å²) in [6, 6.07) is 4.31. The number of amides is 3. The van der Waals surface area contributed by atoms with Crippen LogP contribution in [0.25, 0.3) is 0 Å². The van der Waals surface area contributed by atoms with Crippen LogP contribution >= 0.6 is 23.1 Å². The lowest BCUT2D eigenvalue weighted by molar-refractivity contribution is 0.0943. The van der Waals surface area contributed by atoms with Crippen LogP contribution in [0.4, 0.5) is 10.5 Å². The number of aryl methyl sites for hydroxylation is 1. The van der Waals surface area contributed by atoms with Crippen LogP contribution in [0, 0.1) is 6.92 Å². The summed E-state index contributed by atoms with van der Waals surface area (Å²) in [5, 5.41) is 12.4. The van der Waals surface area contributed by atoms with E-state index in [0.717, 1.165) is 10.6 Å². The van der Waals surface area contributed by atoms with Crippen LogP contribution in [0.15, 0.2) is 18.2 Å². The van der Waals surface area contributed by atoms with Crippen LogP contribution < -0.4 is 16.0 Å². The molecular weight excluding hydrogens is 350 g/mol. The number of urea groups is 1. The van der Waals surface area contributed by atoms with Crippen molar-refractivity contribution in [1.82, 2.24) is 20.2 Å². The highest BCUT2D eigenvalue weighted by atomic mass is 35.5. The van der Waals surface area contributed by atoms with Gasteiger partial charge in [-0.3, -0.25) is 4.79 Å². The Kier molecular flexibility index (Phi) is 6.10. The highest BCUT2D eigenvalue weighted by Crippen LogP contribution is 2.23. The molecule has 0 spiro atoms. The van der Waals surface area contributed by atoms with Gasteiger partial charge in [0.2, 0.25) is 0 Å². The van der Waals surface area contributed by atoms with Crippen molar-refractivity contribution >= 4 is 40.8 Å². The molecule has 2 rings (SSSR count). The van der Waals surface area contributed by atoms with Crippen LogP contribution in [0.3, 0.4) is 0 Å². The maximum Gasteiger partial charge on any atom is 0.319 e. The summed E-state index contributed by atoms with van der Waals surface area (Å²) in [6.45, 7) is 5.89. The molecule has 0 saturated carbocycles. The molecule has 0 aliphatic heterocycles. The molecule has 9 heteroatoms. The normalized spacial score (nSPS) is 10.5. The van der Waals surface area contributed by atoms with Crippen molar-refractivity contribution in [1.29, 1.82) is 0 Å². The third-order valence-corrected chi connectivity index (χ3v) is 4.20. The van der Waals surface area contributed by atoms with Gasteiger partial charge in [0.15, 0.2) is 0 Å². The molecular formula is C15H18ClN5O2S. The number of nitrogens with one attached hydrogen (secondary N) is 3. The van der Waals surface area contributed by atoms with E-state index in [0.29, 0.717) is 22.8 Å². The molecule has 0 unspecified atom stereocenters. The van der Waals surface area contributed by atoms with E-state index in [2.05, 4.69) is 25.5 Å². The third-order valence-electron chi connectivity index (χ3n) is 3.05. The van der Waals surface area contributed by atoms with Gasteiger partial charge in [-0.2, -0.15) is 0 Å². The lowest BCUT2D eigenvalue weighted by Crippen LogP contribution is -2.30. The van der Waals surface area contributed by atoms with Crippen molar-refractivity contribution in [3.63, 3.8) is 0 Å². The van der Waals surface area contributed by atoms with Crippen molar-refractivity contribution in [2.45, 2.75) is 33.4 Å². The van der Waals surface area contributed by atoms with Crippen molar-refractivity contribution in [3.8, 4) is 0 Å². The van der Waals surface area contributed by atoms with Crippen LogP contribution in [0.5, 0.6) is 0 Å². The average Bonchev–Trinajstić information content (AvgIpc) is 2.92. The minimum atomic E-state index is -0.425. The first-order valence-electron chi connectivity index (χ1n) is 7.30. The van der Waals surface area contributed by atoms with Gasteiger partial charge < -0.3 is 16.0 Å². The second kappa shape index (κ2) is 8.07. The number of benzene rings is 1. The lowest BCUT2D eigenvalue weighted by Gasteiger charge is -2.12. The molecule has 1 aromatic carbocycles. The molecule has 7 nitrogen and oxygen atoms in total. The second-order valence-electron chi connectivity index (χ2n) is 5.41. The third kappa shape index (κ3) is 4.90. The van der Waals surface area contributed by atoms with Gasteiger partial charge in [0.25, 0.3) is 5.91 Å². The first kappa shape index (κ1) is 18.2. The molecule has 3 amide bonds. The number of halogens is 1. The van der Waals surface area contributed by atoms with E-state index < -0.39 is 6.03 Å². The predicted octanol–water partition coefficient (Wildman–Crippen LogP) is 2.96. The number of rotatable bonds is 5. The Bertz CT molecular complexity index is 747. The molecule has 0 saturated heterocycles. The van der Waals surface area contributed by atoms with Crippen molar-refractivity contribution in [2.24, 2.45) is 0 Å². The fourth-order valence-corrected chi connectivity index (χ4v) is 2.58. The number of carbonyl (C=O) groups excluding carboxylic acids is 2. The fourth-order valence-electron chi connectivity index (χ4n) is 1.85. The van der Waals surface area contributed by atoms with Crippen molar-refractivity contribution in [2.75, 3.05) is 5.32 Å². The van der Waals surface area contributed by atoms with Gasteiger partial charge in [-0.1, -0.05) is 16.1 Å². The maximum absolute atomic E-state index is 12.0. The maximum atomic E-state index is 12.0. The largest absolute Gasteiger partial charge is 0.350 e. The smallest absolute Gasteiger partial charge is 0.319 e. The molecule has 0 atom stereocenters. The zero-order chi connectivity index (χ0) is 17.7. The summed E-state index contributed by atoms with van der Waals surface area (Å²) in [5.41, 5.74) is 1.57. The zero-order valence-electron chi connectivity index (χ0n) is 13.5. The van der Waals surface area contributed by atoms with Gasteiger partial charge in [0.1, 0.15) is 0 Å². The molecule has 0 bridgehead atoms. The Hall–Kier alpha value is -2.19. The summed E-state index contributed by atoms with van der Waals surface area (Å²) in [7, 11) is 0. The van der Waals surface area contributed by atoms with E-state index in [-0.39, 0.29) is 11.9 Å². The minimum absolute atomic E-state index is 0.0177. The number of carbonyl (C=O) groups is 2. The second-order valence-corrected chi connectivity index (χ2v) is 6.66. The highest BCUT2D eigenvalue weighted by molar-refractivity contribution is 7.05. The monoisotopic (exact) mass is 367 g/mol. The standard InChI is InChI=1S/C15H18ClN5O2S/c1-8(2)18-14(22)10-4-5-11(16)12(6-10)19-15(23)17-7-13-9(3)20-21-24-13/h4-6,8H,7H2,1-3H3,(H,18,22)(H2,17,19,23). The Morgan fingerprint density at radius 2 is 2.08 bits per heavy atom. The van der Waals surface area contributed by atoms with Crippen LogP contribution in [0.1, 0.15) is 34.8 Å². The lowest BCUT2D eigenvalue weighted by atomic mass is 10.1. The van der Waals surface area contributed by atoms with Gasteiger partial charge in [0.05, 0.1) is 27.8 Å². The van der Waals surface area contributed by atoms with Gasteiger partial charge in [-0.05, 0) is 50.5 Å². The first-order valence-corrected chi connectivity index (χ1v) is 8.45. The number of aromatic nitrogens is 2. The number of hydrogen-bond donors (Lipinski definition) is 3. The Morgan fingerprint density at radius 1 is 1.33 bits per heavy atom. The van der Waals surface area contributed by atoms with Gasteiger partial charge in [-0.25, -0.2) is 4.79 Å². The number of anilines is 1. The molecule has 3 N–H and O–H groups in total. The van der Waals surface area contributed by atoms with Crippen LogP contribution in [0.2, 0.25) is 5.02 Å². The quantitative estimate of drug-likeness (QED) is 0.756. The molecule has 0 fully saturated rings. The van der Waals surface area contributed by atoms with Gasteiger partial charge in [0, 0.05) is 11.6 Å². The van der Waals surface area contributed by atoms with Crippen LogP contribution in [-0.4, -0.2) is 27.6 Å². The Balaban J connectivity index is 2.01. The predicted molar refractivity (Wildman–Crippen MR) is 94.6 cm³/mol. The molecule has 24 heavy (non-hydrogen) atoms. The van der Waals surface area contributed by atoms with Gasteiger partial charge >= 0.3 is 6.03 Å². The topological polar surface area (TPSA) is 96.0 Å². The minimum Gasteiger partial charge on any atom is -0.350 e.